The summed E-state index contributed by atoms with van der Waals surface area (Å²) in [6, 6.07) is 0. The molecule has 1 saturated heterocycles. The summed E-state index contributed by atoms with van der Waals surface area (Å²) >= 11 is 6.49. The van der Waals surface area contributed by atoms with E-state index in [4.69, 9.17) is 21.1 Å². The fourth-order valence-corrected chi connectivity index (χ4v) is 6.36. The van der Waals surface area contributed by atoms with Gasteiger partial charge in [0.05, 0.1) is 11.7 Å². The zero-order valence-corrected chi connectivity index (χ0v) is 20.1. The Balaban J connectivity index is 1.79. The molecule has 6 heteroatoms. The lowest BCUT2D eigenvalue weighted by Crippen LogP contribution is -2.46. The third-order valence-corrected chi connectivity index (χ3v) is 8.27. The van der Waals surface area contributed by atoms with Crippen LogP contribution in [0.3, 0.4) is 0 Å². The summed E-state index contributed by atoms with van der Waals surface area (Å²) in [5, 5.41) is 11.2. The Kier molecular flexibility index (Phi) is 6.19. The topological polar surface area (TPSA) is 76.1 Å². The predicted octanol–water partition coefficient (Wildman–Crippen LogP) is 5.13. The number of hydrogen-bond acceptors (Lipinski definition) is 5. The molecule has 32 heavy (non-hydrogen) atoms. The van der Waals surface area contributed by atoms with E-state index >= 15 is 0 Å². The second-order valence-corrected chi connectivity index (χ2v) is 10.6. The maximum atomic E-state index is 13.0. The van der Waals surface area contributed by atoms with E-state index in [1.807, 2.05) is 12.2 Å². The number of carbonyl (C=O) groups excluding carboxylic acids is 2. The van der Waals surface area contributed by atoms with Crippen LogP contribution in [0, 0.1) is 41.4 Å². The number of aliphatic hydroxyl groups is 1. The first-order valence-corrected chi connectivity index (χ1v) is 12.0. The minimum Gasteiger partial charge on any atom is -0.510 e. The van der Waals surface area contributed by atoms with Gasteiger partial charge in [-0.2, -0.15) is 0 Å². The number of fused-ring (bicyclic) bond motifs is 4. The van der Waals surface area contributed by atoms with E-state index in [1.165, 1.54) is 6.92 Å². The van der Waals surface area contributed by atoms with Gasteiger partial charge in [-0.1, -0.05) is 55.8 Å². The Morgan fingerprint density at radius 1 is 1.06 bits per heavy atom. The Labute approximate surface area is 195 Å². The molecule has 0 aromatic heterocycles. The van der Waals surface area contributed by atoms with Crippen molar-refractivity contribution >= 4 is 23.4 Å². The van der Waals surface area contributed by atoms with Gasteiger partial charge < -0.3 is 14.6 Å². The normalized spacial score (nSPS) is 50.9. The van der Waals surface area contributed by atoms with Crippen molar-refractivity contribution < 1.29 is 24.2 Å². The fraction of sp³-hybridized carbons (Fsp3) is 0.615. The van der Waals surface area contributed by atoms with Crippen LogP contribution in [0.15, 0.2) is 47.2 Å². The zero-order valence-electron chi connectivity index (χ0n) is 19.3. The smallest absolute Gasteiger partial charge is 0.317 e. The highest BCUT2D eigenvalue weighted by Crippen LogP contribution is 2.60. The van der Waals surface area contributed by atoms with Crippen LogP contribution in [0.4, 0.5) is 0 Å². The molecule has 0 spiro atoms. The summed E-state index contributed by atoms with van der Waals surface area (Å²) in [5.74, 6) is -2.21. The molecular formula is C26H33ClO5. The molecule has 1 N–H and O–H groups in total. The average molecular weight is 461 g/mol. The van der Waals surface area contributed by atoms with Crippen LogP contribution in [0.25, 0.3) is 0 Å². The first-order chi connectivity index (χ1) is 15.0. The maximum Gasteiger partial charge on any atom is 0.317 e. The number of epoxide rings is 1. The first-order valence-electron chi connectivity index (χ1n) is 11.6. The highest BCUT2D eigenvalue weighted by atomic mass is 35.5. The largest absolute Gasteiger partial charge is 0.510 e. The molecule has 0 unspecified atom stereocenters. The first kappa shape index (κ1) is 23.3. The third kappa shape index (κ3) is 3.99. The molecule has 4 aliphatic rings. The zero-order chi connectivity index (χ0) is 23.4. The lowest BCUT2D eigenvalue weighted by atomic mass is 9.57. The van der Waals surface area contributed by atoms with Crippen molar-refractivity contribution in [3.63, 3.8) is 0 Å². The highest BCUT2D eigenvalue weighted by molar-refractivity contribution is 6.44. The lowest BCUT2D eigenvalue weighted by molar-refractivity contribution is -0.152. The van der Waals surface area contributed by atoms with Gasteiger partial charge in [-0.15, -0.1) is 0 Å². The molecule has 0 aromatic rings. The maximum absolute atomic E-state index is 13.0. The van der Waals surface area contributed by atoms with Gasteiger partial charge in [-0.05, 0) is 62.9 Å². The van der Waals surface area contributed by atoms with Crippen molar-refractivity contribution in [3.05, 3.63) is 47.2 Å². The number of hydrogen-bond donors (Lipinski definition) is 1. The number of allylic oxidation sites excluding steroid dienone is 7. The average Bonchev–Trinajstić information content (AvgIpc) is 3.44. The summed E-state index contributed by atoms with van der Waals surface area (Å²) in [6.07, 6.45) is 12.6. The second-order valence-electron chi connectivity index (χ2n) is 10.2. The number of aliphatic hydroxyl groups excluding tert-OH is 1. The van der Waals surface area contributed by atoms with Gasteiger partial charge in [0.1, 0.15) is 22.8 Å². The SMILES string of the molecule is C[C@@H]1C(=O)O[C@@H](C)/C=C/C=C\[C@@H](C)[C@@H]2C=C[C@@H]3C[C@@]4(C)O[C@H]4[C@@H](C)[C@H]3[C@@H]2/C(O)=C(\Cl)C1=O. The summed E-state index contributed by atoms with van der Waals surface area (Å²) < 4.78 is 11.4. The van der Waals surface area contributed by atoms with E-state index in [-0.39, 0.29) is 58.0 Å². The van der Waals surface area contributed by atoms with Crippen LogP contribution in [0.1, 0.15) is 41.0 Å². The van der Waals surface area contributed by atoms with E-state index in [9.17, 15) is 14.7 Å². The number of ether oxygens (including phenoxy) is 2. The van der Waals surface area contributed by atoms with Crippen molar-refractivity contribution in [2.75, 3.05) is 0 Å². The van der Waals surface area contributed by atoms with Crippen LogP contribution >= 0.6 is 11.6 Å². The highest BCUT2D eigenvalue weighted by Gasteiger charge is 2.64. The molecule has 0 radical (unpaired) electrons. The van der Waals surface area contributed by atoms with Gasteiger partial charge in [0, 0.05) is 5.92 Å². The Bertz CT molecular complexity index is 917. The summed E-state index contributed by atoms with van der Waals surface area (Å²) in [5.41, 5.74) is -0.108. The number of carbonyl (C=O) groups is 2. The Morgan fingerprint density at radius 3 is 2.47 bits per heavy atom. The fourth-order valence-electron chi connectivity index (χ4n) is 6.07. The van der Waals surface area contributed by atoms with Crippen LogP contribution < -0.4 is 0 Å². The molecule has 174 valence electrons. The van der Waals surface area contributed by atoms with Gasteiger partial charge >= 0.3 is 5.97 Å². The number of cyclic esters (lactones) is 1. The van der Waals surface area contributed by atoms with E-state index in [1.54, 1.807) is 13.0 Å². The summed E-state index contributed by atoms with van der Waals surface area (Å²) in [6.45, 7) is 9.64. The quantitative estimate of drug-likeness (QED) is 0.235. The van der Waals surface area contributed by atoms with Gasteiger partial charge in [0.2, 0.25) is 0 Å². The van der Waals surface area contributed by atoms with Crippen LogP contribution in [0.5, 0.6) is 0 Å². The van der Waals surface area contributed by atoms with Gasteiger partial charge in [-0.25, -0.2) is 0 Å². The molecule has 2 heterocycles. The standard InChI is InChI=1S/C26H33ClO5/c1-13-8-6-7-9-14(2)31-25(30)16(4)22(28)21(27)23(29)20-18(13)11-10-17-12-26(5)24(32-26)15(3)19(17)20/h6-11,13-20,24,29H,12H2,1-5H3/b8-6-,9-7+,23-21+/t13-,14+,15+,16+,17-,18+,19-,20-,24+,26-/m1/s1. The monoisotopic (exact) mass is 460 g/mol. The number of halogens is 1. The van der Waals surface area contributed by atoms with Crippen molar-refractivity contribution in [3.8, 4) is 0 Å². The van der Waals surface area contributed by atoms with E-state index in [0.717, 1.165) is 6.42 Å². The number of rotatable bonds is 0. The molecule has 2 aliphatic carbocycles. The summed E-state index contributed by atoms with van der Waals surface area (Å²) in [4.78, 5) is 25.5. The molecule has 5 nitrogen and oxygen atoms in total. The lowest BCUT2D eigenvalue weighted by Gasteiger charge is -2.46. The number of Topliss-reactive ketones (excluding diaryl/α,β-unsaturated/α-hetero) is 1. The molecule has 0 amide bonds. The predicted molar refractivity (Wildman–Crippen MR) is 123 cm³/mol. The van der Waals surface area contributed by atoms with Crippen molar-refractivity contribution in [1.82, 2.24) is 0 Å². The van der Waals surface area contributed by atoms with E-state index < -0.39 is 23.8 Å². The van der Waals surface area contributed by atoms with Crippen LogP contribution in [-0.4, -0.2) is 34.7 Å². The summed E-state index contributed by atoms with van der Waals surface area (Å²) in [7, 11) is 0. The van der Waals surface area contributed by atoms with Crippen LogP contribution in [0.2, 0.25) is 0 Å². The molecule has 1 saturated carbocycles. The number of ketones is 1. The minimum atomic E-state index is -1.09. The Hall–Kier alpha value is -1.85. The molecule has 0 aromatic carbocycles. The molecule has 2 fully saturated rings. The Morgan fingerprint density at radius 2 is 1.75 bits per heavy atom. The molecule has 0 bridgehead atoms. The van der Waals surface area contributed by atoms with Gasteiger partial charge in [0.15, 0.2) is 5.78 Å². The van der Waals surface area contributed by atoms with Crippen molar-refractivity contribution in [2.45, 2.75) is 58.8 Å². The van der Waals surface area contributed by atoms with Gasteiger partial charge in [0.25, 0.3) is 0 Å². The number of esters is 1. The van der Waals surface area contributed by atoms with Crippen LogP contribution in [-0.2, 0) is 19.1 Å². The van der Waals surface area contributed by atoms with Gasteiger partial charge in [-0.3, -0.25) is 9.59 Å². The van der Waals surface area contributed by atoms with E-state index in [0.29, 0.717) is 0 Å². The third-order valence-electron chi connectivity index (χ3n) is 7.89. The van der Waals surface area contributed by atoms with E-state index in [2.05, 4.69) is 39.0 Å². The molecule has 10 atom stereocenters. The minimum absolute atomic E-state index is 0.0318. The second kappa shape index (κ2) is 8.49. The van der Waals surface area contributed by atoms with Crippen molar-refractivity contribution in [1.29, 1.82) is 0 Å². The molecule has 2 aliphatic heterocycles. The molecular weight excluding hydrogens is 428 g/mol. The molecule has 4 rings (SSSR count). The van der Waals surface area contributed by atoms with Crippen molar-refractivity contribution in [2.24, 2.45) is 41.4 Å².